The van der Waals surface area contributed by atoms with Crippen molar-refractivity contribution < 1.29 is 4.39 Å². The standard InChI is InChI=1S/C15H20FN3/c1-10(2)14-7-8-19(18-14)15-6-5-12(9-13(15)16)11(3)17-4/h5-11,17H,1-4H3. The summed E-state index contributed by atoms with van der Waals surface area (Å²) in [6, 6.07) is 7.32. The summed E-state index contributed by atoms with van der Waals surface area (Å²) in [7, 11) is 1.86. The lowest BCUT2D eigenvalue weighted by molar-refractivity contribution is 0.594. The molecule has 1 unspecified atom stereocenters. The van der Waals surface area contributed by atoms with Crippen molar-refractivity contribution in [1.82, 2.24) is 15.1 Å². The minimum Gasteiger partial charge on any atom is -0.313 e. The molecule has 4 heteroatoms. The fourth-order valence-electron chi connectivity index (χ4n) is 1.93. The third-order valence-corrected chi connectivity index (χ3v) is 3.35. The van der Waals surface area contributed by atoms with Crippen LogP contribution in [-0.4, -0.2) is 16.8 Å². The highest BCUT2D eigenvalue weighted by Crippen LogP contribution is 2.20. The second-order valence-corrected chi connectivity index (χ2v) is 5.06. The van der Waals surface area contributed by atoms with Gasteiger partial charge in [0.15, 0.2) is 0 Å². The predicted molar refractivity (Wildman–Crippen MR) is 75.1 cm³/mol. The van der Waals surface area contributed by atoms with Crippen LogP contribution in [0.15, 0.2) is 30.5 Å². The van der Waals surface area contributed by atoms with E-state index < -0.39 is 0 Å². The van der Waals surface area contributed by atoms with E-state index in [2.05, 4.69) is 24.3 Å². The van der Waals surface area contributed by atoms with Crippen LogP contribution >= 0.6 is 0 Å². The zero-order valence-corrected chi connectivity index (χ0v) is 11.8. The van der Waals surface area contributed by atoms with E-state index in [1.54, 1.807) is 23.0 Å². The van der Waals surface area contributed by atoms with Gasteiger partial charge in [0.05, 0.1) is 5.69 Å². The molecule has 0 aliphatic carbocycles. The number of nitrogens with zero attached hydrogens (tertiary/aromatic N) is 2. The number of nitrogens with one attached hydrogen (secondary N) is 1. The average molecular weight is 261 g/mol. The Morgan fingerprint density at radius 2 is 1.95 bits per heavy atom. The lowest BCUT2D eigenvalue weighted by Gasteiger charge is -2.12. The molecule has 0 aliphatic heterocycles. The first kappa shape index (κ1) is 13.7. The smallest absolute Gasteiger partial charge is 0.149 e. The molecule has 2 aromatic rings. The molecule has 0 saturated heterocycles. The molecule has 102 valence electrons. The molecule has 1 atom stereocenters. The Labute approximate surface area is 113 Å². The number of hydrogen-bond donors (Lipinski definition) is 1. The highest BCUT2D eigenvalue weighted by atomic mass is 19.1. The van der Waals surface area contributed by atoms with E-state index in [1.165, 1.54) is 0 Å². The van der Waals surface area contributed by atoms with Gasteiger partial charge in [-0.1, -0.05) is 19.9 Å². The van der Waals surface area contributed by atoms with Crippen molar-refractivity contribution in [2.75, 3.05) is 7.05 Å². The summed E-state index contributed by atoms with van der Waals surface area (Å²) in [4.78, 5) is 0. The molecule has 0 saturated carbocycles. The van der Waals surface area contributed by atoms with E-state index >= 15 is 0 Å². The molecule has 1 heterocycles. The lowest BCUT2D eigenvalue weighted by atomic mass is 10.1. The maximum atomic E-state index is 14.2. The van der Waals surface area contributed by atoms with Gasteiger partial charge in [-0.05, 0) is 43.7 Å². The summed E-state index contributed by atoms with van der Waals surface area (Å²) >= 11 is 0. The fraction of sp³-hybridized carbons (Fsp3) is 0.400. The van der Waals surface area contributed by atoms with Gasteiger partial charge in [0.25, 0.3) is 0 Å². The van der Waals surface area contributed by atoms with Gasteiger partial charge in [-0.3, -0.25) is 0 Å². The van der Waals surface area contributed by atoms with Crippen LogP contribution in [0.4, 0.5) is 4.39 Å². The zero-order chi connectivity index (χ0) is 14.0. The molecule has 0 aliphatic rings. The van der Waals surface area contributed by atoms with Crippen LogP contribution in [0.1, 0.15) is 44.0 Å². The van der Waals surface area contributed by atoms with Gasteiger partial charge < -0.3 is 5.32 Å². The van der Waals surface area contributed by atoms with Crippen molar-refractivity contribution in [3.05, 3.63) is 47.5 Å². The zero-order valence-electron chi connectivity index (χ0n) is 11.8. The summed E-state index contributed by atoms with van der Waals surface area (Å²) in [6.07, 6.45) is 1.80. The van der Waals surface area contributed by atoms with Crippen molar-refractivity contribution >= 4 is 0 Å². The number of aromatic nitrogens is 2. The molecule has 3 nitrogen and oxygen atoms in total. The molecule has 0 spiro atoms. The SMILES string of the molecule is CNC(C)c1ccc(-n2ccc(C(C)C)n2)c(F)c1. The summed E-state index contributed by atoms with van der Waals surface area (Å²) in [5.74, 6) is 0.0888. The van der Waals surface area contributed by atoms with Gasteiger partial charge >= 0.3 is 0 Å². The van der Waals surface area contributed by atoms with Crippen LogP contribution in [0.2, 0.25) is 0 Å². The van der Waals surface area contributed by atoms with E-state index in [0.717, 1.165) is 11.3 Å². The third-order valence-electron chi connectivity index (χ3n) is 3.35. The number of benzene rings is 1. The van der Waals surface area contributed by atoms with Crippen molar-refractivity contribution in [2.45, 2.75) is 32.7 Å². The topological polar surface area (TPSA) is 29.9 Å². The summed E-state index contributed by atoms with van der Waals surface area (Å²) in [6.45, 7) is 6.14. The first-order valence-electron chi connectivity index (χ1n) is 6.55. The average Bonchev–Trinajstić information content (AvgIpc) is 2.87. The molecule has 1 aromatic carbocycles. The summed E-state index contributed by atoms with van der Waals surface area (Å²) in [5, 5.41) is 7.49. The van der Waals surface area contributed by atoms with Gasteiger partial charge in [0, 0.05) is 12.2 Å². The molecule has 0 amide bonds. The third kappa shape index (κ3) is 2.84. The van der Waals surface area contributed by atoms with E-state index in [9.17, 15) is 4.39 Å². The molecular weight excluding hydrogens is 241 g/mol. The van der Waals surface area contributed by atoms with E-state index in [-0.39, 0.29) is 11.9 Å². The Hall–Kier alpha value is -1.68. The van der Waals surface area contributed by atoms with Gasteiger partial charge in [0.2, 0.25) is 0 Å². The lowest BCUT2D eigenvalue weighted by Crippen LogP contribution is -2.13. The van der Waals surface area contributed by atoms with Gasteiger partial charge in [-0.15, -0.1) is 0 Å². The molecule has 1 aromatic heterocycles. The molecular formula is C15H20FN3. The summed E-state index contributed by atoms with van der Waals surface area (Å²) in [5.41, 5.74) is 2.38. The van der Waals surface area contributed by atoms with Crippen LogP contribution in [-0.2, 0) is 0 Å². The Kier molecular flexibility index (Phi) is 4.00. The summed E-state index contributed by atoms with van der Waals surface area (Å²) < 4.78 is 15.7. The highest BCUT2D eigenvalue weighted by molar-refractivity contribution is 5.37. The second kappa shape index (κ2) is 5.53. The molecule has 2 rings (SSSR count). The minimum atomic E-state index is -0.252. The van der Waals surface area contributed by atoms with Crippen LogP contribution in [0, 0.1) is 5.82 Å². The van der Waals surface area contributed by atoms with E-state index in [1.807, 2.05) is 26.1 Å². The molecule has 19 heavy (non-hydrogen) atoms. The van der Waals surface area contributed by atoms with Crippen LogP contribution in [0.25, 0.3) is 5.69 Å². The van der Waals surface area contributed by atoms with Gasteiger partial charge in [-0.25, -0.2) is 9.07 Å². The number of hydrogen-bond acceptors (Lipinski definition) is 2. The Bertz CT molecular complexity index is 560. The second-order valence-electron chi connectivity index (χ2n) is 5.06. The fourth-order valence-corrected chi connectivity index (χ4v) is 1.93. The molecule has 0 bridgehead atoms. The van der Waals surface area contributed by atoms with E-state index in [4.69, 9.17) is 0 Å². The quantitative estimate of drug-likeness (QED) is 0.914. The normalized spacial score (nSPS) is 12.9. The Morgan fingerprint density at radius 3 is 2.47 bits per heavy atom. The van der Waals surface area contributed by atoms with Crippen molar-refractivity contribution in [3.63, 3.8) is 0 Å². The highest BCUT2D eigenvalue weighted by Gasteiger charge is 2.11. The molecule has 0 fully saturated rings. The first-order valence-corrected chi connectivity index (χ1v) is 6.55. The van der Waals surface area contributed by atoms with Crippen LogP contribution in [0.3, 0.4) is 0 Å². The largest absolute Gasteiger partial charge is 0.313 e. The first-order chi connectivity index (χ1) is 9.02. The Morgan fingerprint density at radius 1 is 1.21 bits per heavy atom. The van der Waals surface area contributed by atoms with Crippen molar-refractivity contribution in [3.8, 4) is 5.69 Å². The number of halogens is 1. The maximum absolute atomic E-state index is 14.2. The number of rotatable bonds is 4. The predicted octanol–water partition coefficient (Wildman–Crippen LogP) is 3.42. The van der Waals surface area contributed by atoms with Crippen LogP contribution < -0.4 is 5.32 Å². The maximum Gasteiger partial charge on any atom is 0.149 e. The van der Waals surface area contributed by atoms with E-state index in [0.29, 0.717) is 11.6 Å². The van der Waals surface area contributed by atoms with Gasteiger partial charge in [0.1, 0.15) is 11.5 Å². The molecule has 0 radical (unpaired) electrons. The van der Waals surface area contributed by atoms with Crippen molar-refractivity contribution in [1.29, 1.82) is 0 Å². The van der Waals surface area contributed by atoms with Gasteiger partial charge in [-0.2, -0.15) is 5.10 Å². The molecule has 1 N–H and O–H groups in total. The van der Waals surface area contributed by atoms with Crippen molar-refractivity contribution in [2.24, 2.45) is 0 Å². The van der Waals surface area contributed by atoms with Crippen LogP contribution in [0.5, 0.6) is 0 Å². The Balaban J connectivity index is 2.34. The minimum absolute atomic E-state index is 0.132. The monoisotopic (exact) mass is 261 g/mol.